The van der Waals surface area contributed by atoms with Gasteiger partial charge in [0.1, 0.15) is 6.29 Å². The van der Waals surface area contributed by atoms with Gasteiger partial charge in [0.2, 0.25) is 0 Å². The Bertz CT molecular complexity index is 317. The summed E-state index contributed by atoms with van der Waals surface area (Å²) in [7, 11) is -0.892. The van der Waals surface area contributed by atoms with Crippen LogP contribution < -0.4 is 0 Å². The molecule has 0 amide bonds. The quantitative estimate of drug-likeness (QED) is 0.415. The van der Waals surface area contributed by atoms with Crippen molar-refractivity contribution in [3.8, 4) is 0 Å². The van der Waals surface area contributed by atoms with E-state index in [1.807, 2.05) is 4.81 Å². The molecule has 0 bridgehead atoms. The van der Waals surface area contributed by atoms with Gasteiger partial charge in [0.25, 0.3) is 0 Å². The van der Waals surface area contributed by atoms with E-state index in [0.717, 1.165) is 19.4 Å². The Morgan fingerprint density at radius 2 is 1.53 bits per heavy atom. The Hall–Kier alpha value is -0.890. The number of carbonyl (C=O) groups excluding carboxylic acids is 1. The summed E-state index contributed by atoms with van der Waals surface area (Å²) in [6.45, 7) is 5.75. The van der Waals surface area contributed by atoms with Crippen LogP contribution in [0, 0.1) is 11.8 Å². The van der Waals surface area contributed by atoms with E-state index in [1.165, 1.54) is 0 Å². The fourth-order valence-electron chi connectivity index (χ4n) is 1.91. The zero-order valence-electron chi connectivity index (χ0n) is 11.3. The smallest absolute Gasteiger partial charge is 0.376 e. The van der Waals surface area contributed by atoms with E-state index in [1.54, 1.807) is 18.5 Å². The Balaban J connectivity index is 0.000000191. The molecule has 0 saturated carbocycles. The van der Waals surface area contributed by atoms with Crippen molar-refractivity contribution in [1.29, 1.82) is 0 Å². The molecule has 2 rings (SSSR count). The molecule has 0 spiro atoms. The van der Waals surface area contributed by atoms with Gasteiger partial charge in [-0.15, -0.1) is 0 Å². The van der Waals surface area contributed by atoms with Crippen molar-refractivity contribution in [1.82, 2.24) is 9.62 Å². The van der Waals surface area contributed by atoms with Gasteiger partial charge in [-0.05, 0) is 13.6 Å². The van der Waals surface area contributed by atoms with Crippen molar-refractivity contribution in [3.63, 3.8) is 0 Å². The normalized spacial score (nSPS) is 20.6. The van der Waals surface area contributed by atoms with Crippen LogP contribution in [0.25, 0.3) is 0 Å². The Kier molecular flexibility index (Phi) is 5.99. The van der Waals surface area contributed by atoms with Gasteiger partial charge in [0.05, 0.1) is 5.92 Å². The second kappa shape index (κ2) is 7.04. The lowest BCUT2D eigenvalue weighted by Crippen LogP contribution is -2.56. The SMILES string of the molecule is CB(O)N1CC(C(=O)O)C1.CB(O)N1CC(C=O)C1. The van der Waals surface area contributed by atoms with Crippen molar-refractivity contribution in [2.24, 2.45) is 11.8 Å². The number of aliphatic carboxylic acids is 1. The molecule has 0 aliphatic carbocycles. The number of carboxylic acids is 1. The van der Waals surface area contributed by atoms with Crippen LogP contribution in [0.5, 0.6) is 0 Å². The maximum atomic E-state index is 10.2. The summed E-state index contributed by atoms with van der Waals surface area (Å²) < 4.78 is 0. The highest BCUT2D eigenvalue weighted by atomic mass is 16.4. The summed E-state index contributed by atoms with van der Waals surface area (Å²) in [5.74, 6) is -0.869. The van der Waals surface area contributed by atoms with E-state index in [9.17, 15) is 9.59 Å². The van der Waals surface area contributed by atoms with Gasteiger partial charge in [-0.2, -0.15) is 0 Å². The zero-order chi connectivity index (χ0) is 14.6. The van der Waals surface area contributed by atoms with E-state index in [2.05, 4.69) is 0 Å². The van der Waals surface area contributed by atoms with Crippen molar-refractivity contribution < 1.29 is 24.7 Å². The molecular formula is C10H20B2N2O5. The van der Waals surface area contributed by atoms with E-state index >= 15 is 0 Å². The van der Waals surface area contributed by atoms with Crippen molar-refractivity contribution in [2.75, 3.05) is 26.2 Å². The molecule has 7 nitrogen and oxygen atoms in total. The minimum absolute atomic E-state index is 0.166. The Labute approximate surface area is 113 Å². The zero-order valence-corrected chi connectivity index (χ0v) is 11.3. The summed E-state index contributed by atoms with van der Waals surface area (Å²) in [6.07, 6.45) is 0.943. The summed E-state index contributed by atoms with van der Waals surface area (Å²) in [5.41, 5.74) is 0. The molecule has 0 aromatic rings. The summed E-state index contributed by atoms with van der Waals surface area (Å²) in [6, 6.07) is 0. The van der Waals surface area contributed by atoms with Crippen LogP contribution in [0.2, 0.25) is 13.6 Å². The van der Waals surface area contributed by atoms with E-state index in [4.69, 9.17) is 15.2 Å². The first-order chi connectivity index (χ1) is 8.85. The fourth-order valence-corrected chi connectivity index (χ4v) is 1.91. The number of hydrogen-bond donors (Lipinski definition) is 3. The minimum atomic E-state index is -0.767. The van der Waals surface area contributed by atoms with Gasteiger partial charge in [0, 0.05) is 32.1 Å². The number of carbonyl (C=O) groups is 2. The van der Waals surface area contributed by atoms with Crippen LogP contribution in [0.15, 0.2) is 0 Å². The molecule has 106 valence electrons. The number of rotatable bonds is 4. The first-order valence-electron chi connectivity index (χ1n) is 6.37. The maximum absolute atomic E-state index is 10.2. The average molecular weight is 270 g/mol. The molecular weight excluding hydrogens is 250 g/mol. The predicted octanol–water partition coefficient (Wildman–Crippen LogP) is -1.66. The number of carboxylic acid groups (broad SMARTS) is 1. The lowest BCUT2D eigenvalue weighted by Gasteiger charge is -2.37. The van der Waals surface area contributed by atoms with E-state index in [0.29, 0.717) is 13.1 Å². The third-order valence-electron chi connectivity index (χ3n) is 3.45. The average Bonchev–Trinajstić information content (AvgIpc) is 2.11. The molecule has 2 fully saturated rings. The first kappa shape index (κ1) is 16.2. The highest BCUT2D eigenvalue weighted by Crippen LogP contribution is 2.15. The molecule has 19 heavy (non-hydrogen) atoms. The highest BCUT2D eigenvalue weighted by molar-refractivity contribution is 6.45. The maximum Gasteiger partial charge on any atom is 0.376 e. The van der Waals surface area contributed by atoms with E-state index < -0.39 is 13.0 Å². The van der Waals surface area contributed by atoms with Crippen LogP contribution in [-0.4, -0.2) is 77.3 Å². The number of aldehydes is 1. The van der Waals surface area contributed by atoms with E-state index in [-0.39, 0.29) is 18.9 Å². The second-order valence-corrected chi connectivity index (χ2v) is 5.10. The van der Waals surface area contributed by atoms with Crippen LogP contribution in [-0.2, 0) is 9.59 Å². The number of nitrogens with zero attached hydrogens (tertiary/aromatic N) is 2. The van der Waals surface area contributed by atoms with Crippen LogP contribution in [0.1, 0.15) is 0 Å². The lowest BCUT2D eigenvalue weighted by molar-refractivity contribution is -0.145. The molecule has 2 aliphatic heterocycles. The van der Waals surface area contributed by atoms with Gasteiger partial charge in [-0.1, -0.05) is 0 Å². The molecule has 0 aromatic carbocycles. The first-order valence-corrected chi connectivity index (χ1v) is 6.37. The number of hydrogen-bond acceptors (Lipinski definition) is 6. The molecule has 2 heterocycles. The van der Waals surface area contributed by atoms with Gasteiger partial charge < -0.3 is 29.6 Å². The molecule has 9 heteroatoms. The fraction of sp³-hybridized carbons (Fsp3) is 0.800. The molecule has 0 radical (unpaired) electrons. The largest absolute Gasteiger partial charge is 0.481 e. The molecule has 0 aromatic heterocycles. The Morgan fingerprint density at radius 1 is 1.11 bits per heavy atom. The Morgan fingerprint density at radius 3 is 1.84 bits per heavy atom. The van der Waals surface area contributed by atoms with Gasteiger partial charge in [0.15, 0.2) is 0 Å². The van der Waals surface area contributed by atoms with Gasteiger partial charge in [-0.3, -0.25) is 4.79 Å². The molecule has 3 N–H and O–H groups in total. The third kappa shape index (κ3) is 4.61. The standard InChI is InChI=1S/C5H10BNO3.C5H10BNO2/c1-6(10)7-2-4(3-7)5(8)9;1-6(9)7-2-5(3-7)4-8/h4,10H,2-3H2,1H3,(H,8,9);4-5,9H,2-3H2,1H3. The molecule has 0 atom stereocenters. The molecule has 2 saturated heterocycles. The van der Waals surface area contributed by atoms with Crippen molar-refractivity contribution in [2.45, 2.75) is 13.6 Å². The predicted molar refractivity (Wildman–Crippen MR) is 71.5 cm³/mol. The molecule has 2 aliphatic rings. The topological polar surface area (TPSA) is 101 Å². The summed E-state index contributed by atoms with van der Waals surface area (Å²) in [4.78, 5) is 23.8. The summed E-state index contributed by atoms with van der Waals surface area (Å²) in [5, 5.41) is 26.2. The van der Waals surface area contributed by atoms with Gasteiger partial charge >= 0.3 is 20.1 Å². The third-order valence-corrected chi connectivity index (χ3v) is 3.45. The van der Waals surface area contributed by atoms with Crippen molar-refractivity contribution >= 4 is 26.4 Å². The van der Waals surface area contributed by atoms with Gasteiger partial charge in [-0.25, -0.2) is 0 Å². The lowest BCUT2D eigenvalue weighted by atomic mass is 9.78. The minimum Gasteiger partial charge on any atom is -0.481 e. The molecule has 0 unspecified atom stereocenters. The summed E-state index contributed by atoms with van der Waals surface area (Å²) >= 11 is 0. The highest BCUT2D eigenvalue weighted by Gasteiger charge is 2.35. The van der Waals surface area contributed by atoms with Crippen LogP contribution >= 0.6 is 0 Å². The van der Waals surface area contributed by atoms with Crippen molar-refractivity contribution in [3.05, 3.63) is 0 Å². The monoisotopic (exact) mass is 270 g/mol. The van der Waals surface area contributed by atoms with Crippen LogP contribution in [0.3, 0.4) is 0 Å². The van der Waals surface area contributed by atoms with Crippen LogP contribution in [0.4, 0.5) is 0 Å². The second-order valence-electron chi connectivity index (χ2n) is 5.10.